The smallest absolute Gasteiger partial charge is 0.0706 e. The molecule has 0 spiro atoms. The molecule has 2 nitrogen and oxygen atoms in total. The molecular weight excluding hydrogens is 124 g/mol. The summed E-state index contributed by atoms with van der Waals surface area (Å²) in [5, 5.41) is 7.83. The van der Waals surface area contributed by atoms with Gasteiger partial charge in [0.25, 0.3) is 0 Å². The maximum atomic E-state index is 4.02. The largest absolute Gasteiger partial charge is 0.159 e. The monoisotopic (exact) mass is 132 g/mol. The van der Waals surface area contributed by atoms with Gasteiger partial charge >= 0.3 is 0 Å². The number of aryl methyl sites for hydroxylation is 1. The van der Waals surface area contributed by atoms with Gasteiger partial charge in [-0.3, -0.25) is 0 Å². The number of rotatable bonds is 0. The van der Waals surface area contributed by atoms with E-state index in [9.17, 15) is 0 Å². The minimum atomic E-state index is 1.04. The summed E-state index contributed by atoms with van der Waals surface area (Å²) in [6, 6.07) is 2.00. The zero-order chi connectivity index (χ0) is 6.81. The Kier molecular flexibility index (Phi) is 1.24. The molecule has 0 unspecified atom stereocenters. The van der Waals surface area contributed by atoms with Gasteiger partial charge in [0.1, 0.15) is 0 Å². The molecule has 0 aliphatic heterocycles. The van der Waals surface area contributed by atoms with E-state index in [0.717, 1.165) is 18.5 Å². The first-order chi connectivity index (χ1) is 4.97. The highest BCUT2D eigenvalue weighted by Gasteiger charge is 2.03. The summed E-state index contributed by atoms with van der Waals surface area (Å²) in [5.74, 6) is 0. The highest BCUT2D eigenvalue weighted by molar-refractivity contribution is 5.53. The van der Waals surface area contributed by atoms with Crippen LogP contribution in [0.15, 0.2) is 18.3 Å². The van der Waals surface area contributed by atoms with E-state index >= 15 is 0 Å². The molecule has 2 rings (SSSR count). The van der Waals surface area contributed by atoms with Crippen molar-refractivity contribution in [2.75, 3.05) is 0 Å². The van der Waals surface area contributed by atoms with Crippen molar-refractivity contribution >= 4 is 6.08 Å². The molecule has 0 bridgehead atoms. The number of aromatic nitrogens is 2. The van der Waals surface area contributed by atoms with Crippen LogP contribution in [0.5, 0.6) is 0 Å². The van der Waals surface area contributed by atoms with E-state index in [-0.39, 0.29) is 0 Å². The van der Waals surface area contributed by atoms with E-state index < -0.39 is 0 Å². The third kappa shape index (κ3) is 0.817. The average Bonchev–Trinajstić information content (AvgIpc) is 2.05. The van der Waals surface area contributed by atoms with Crippen molar-refractivity contribution in [2.45, 2.75) is 12.8 Å². The normalized spacial score (nSPS) is 14.8. The average molecular weight is 132 g/mol. The molecule has 0 amide bonds. The topological polar surface area (TPSA) is 25.8 Å². The van der Waals surface area contributed by atoms with Crippen LogP contribution in [-0.4, -0.2) is 10.2 Å². The number of fused-ring (bicyclic) bond motifs is 1. The molecule has 1 aliphatic carbocycles. The van der Waals surface area contributed by atoms with Gasteiger partial charge in [-0.05, 0) is 24.5 Å². The van der Waals surface area contributed by atoms with E-state index in [2.05, 4.69) is 22.3 Å². The Morgan fingerprint density at radius 1 is 1.40 bits per heavy atom. The van der Waals surface area contributed by atoms with Gasteiger partial charge in [-0.25, -0.2) is 0 Å². The molecule has 0 atom stereocenters. The predicted octanol–water partition coefficient (Wildman–Crippen LogP) is 1.44. The Balaban J connectivity index is 2.54. The van der Waals surface area contributed by atoms with Crippen LogP contribution in [0.1, 0.15) is 17.7 Å². The molecule has 0 radical (unpaired) electrons. The van der Waals surface area contributed by atoms with Gasteiger partial charge in [0.05, 0.1) is 11.9 Å². The molecule has 0 fully saturated rings. The Morgan fingerprint density at radius 3 is 3.30 bits per heavy atom. The van der Waals surface area contributed by atoms with Crippen molar-refractivity contribution in [3.05, 3.63) is 29.6 Å². The molecule has 1 heterocycles. The molecule has 0 aromatic carbocycles. The van der Waals surface area contributed by atoms with Crippen molar-refractivity contribution in [3.8, 4) is 0 Å². The lowest BCUT2D eigenvalue weighted by atomic mass is 10.0. The summed E-state index contributed by atoms with van der Waals surface area (Å²) in [6.07, 6.45) is 8.15. The Hall–Kier alpha value is -1.18. The SMILES string of the molecule is C1=Cc2ccnnc2CC1. The lowest BCUT2D eigenvalue weighted by Crippen LogP contribution is -1.98. The fraction of sp³-hybridized carbons (Fsp3) is 0.250. The second kappa shape index (κ2) is 2.21. The van der Waals surface area contributed by atoms with E-state index in [1.165, 1.54) is 5.56 Å². The Bertz CT molecular complexity index is 266. The van der Waals surface area contributed by atoms with Crippen LogP contribution in [0.3, 0.4) is 0 Å². The predicted molar refractivity (Wildman–Crippen MR) is 39.4 cm³/mol. The molecule has 0 saturated carbocycles. The molecule has 0 N–H and O–H groups in total. The summed E-state index contributed by atoms with van der Waals surface area (Å²) in [4.78, 5) is 0. The van der Waals surface area contributed by atoms with Gasteiger partial charge in [-0.1, -0.05) is 12.2 Å². The summed E-state index contributed by atoms with van der Waals surface area (Å²) in [6.45, 7) is 0. The van der Waals surface area contributed by atoms with Crippen LogP contribution in [0, 0.1) is 0 Å². The maximum absolute atomic E-state index is 4.02. The van der Waals surface area contributed by atoms with Gasteiger partial charge in [-0.2, -0.15) is 10.2 Å². The second-order valence-corrected chi connectivity index (χ2v) is 2.37. The summed E-state index contributed by atoms with van der Waals surface area (Å²) in [7, 11) is 0. The molecular formula is C8H8N2. The van der Waals surface area contributed by atoms with Crippen LogP contribution in [0.4, 0.5) is 0 Å². The number of hydrogen-bond acceptors (Lipinski definition) is 2. The summed E-state index contributed by atoms with van der Waals surface area (Å²) in [5.41, 5.74) is 2.35. The molecule has 50 valence electrons. The zero-order valence-corrected chi connectivity index (χ0v) is 5.62. The molecule has 1 aliphatic rings. The van der Waals surface area contributed by atoms with E-state index in [1.54, 1.807) is 6.20 Å². The van der Waals surface area contributed by atoms with Gasteiger partial charge in [0, 0.05) is 0 Å². The third-order valence-corrected chi connectivity index (χ3v) is 1.68. The van der Waals surface area contributed by atoms with Crippen LogP contribution < -0.4 is 0 Å². The minimum Gasteiger partial charge on any atom is -0.159 e. The van der Waals surface area contributed by atoms with E-state index in [0.29, 0.717) is 0 Å². The molecule has 1 aromatic heterocycles. The standard InChI is InChI=1S/C8H8N2/c1-2-4-8-7(3-1)5-6-9-10-8/h1,3,5-6H,2,4H2. The summed E-state index contributed by atoms with van der Waals surface area (Å²) >= 11 is 0. The van der Waals surface area contributed by atoms with Crippen LogP contribution in [0.2, 0.25) is 0 Å². The minimum absolute atomic E-state index is 1.04. The maximum Gasteiger partial charge on any atom is 0.0706 e. The second-order valence-electron chi connectivity index (χ2n) is 2.37. The fourth-order valence-electron chi connectivity index (χ4n) is 1.15. The summed E-state index contributed by atoms with van der Waals surface area (Å²) < 4.78 is 0. The van der Waals surface area contributed by atoms with Crippen LogP contribution >= 0.6 is 0 Å². The van der Waals surface area contributed by atoms with Crippen LogP contribution in [0.25, 0.3) is 6.08 Å². The first-order valence-corrected chi connectivity index (χ1v) is 3.44. The van der Waals surface area contributed by atoms with Gasteiger partial charge < -0.3 is 0 Å². The zero-order valence-electron chi connectivity index (χ0n) is 5.62. The number of allylic oxidation sites excluding steroid dienone is 1. The molecule has 2 heteroatoms. The third-order valence-electron chi connectivity index (χ3n) is 1.68. The van der Waals surface area contributed by atoms with E-state index in [1.807, 2.05) is 6.07 Å². The molecule has 10 heavy (non-hydrogen) atoms. The molecule has 0 saturated heterocycles. The fourth-order valence-corrected chi connectivity index (χ4v) is 1.15. The van der Waals surface area contributed by atoms with Gasteiger partial charge in [-0.15, -0.1) is 0 Å². The van der Waals surface area contributed by atoms with Crippen molar-refractivity contribution in [1.29, 1.82) is 0 Å². The lowest BCUT2D eigenvalue weighted by Gasteiger charge is -2.05. The quantitative estimate of drug-likeness (QED) is 0.533. The Morgan fingerprint density at radius 2 is 2.40 bits per heavy atom. The van der Waals surface area contributed by atoms with E-state index in [4.69, 9.17) is 0 Å². The Labute approximate surface area is 59.6 Å². The molecule has 1 aromatic rings. The highest BCUT2D eigenvalue weighted by atomic mass is 15.1. The van der Waals surface area contributed by atoms with Crippen molar-refractivity contribution in [3.63, 3.8) is 0 Å². The first-order valence-electron chi connectivity index (χ1n) is 3.44. The number of nitrogens with zero attached hydrogens (tertiary/aromatic N) is 2. The van der Waals surface area contributed by atoms with Crippen molar-refractivity contribution in [2.24, 2.45) is 0 Å². The first kappa shape index (κ1) is 5.59. The van der Waals surface area contributed by atoms with Crippen molar-refractivity contribution in [1.82, 2.24) is 10.2 Å². The lowest BCUT2D eigenvalue weighted by molar-refractivity contribution is 0.862. The van der Waals surface area contributed by atoms with Gasteiger partial charge in [0.15, 0.2) is 0 Å². The number of hydrogen-bond donors (Lipinski definition) is 0. The van der Waals surface area contributed by atoms with Crippen LogP contribution in [-0.2, 0) is 6.42 Å². The van der Waals surface area contributed by atoms with Gasteiger partial charge in [0.2, 0.25) is 0 Å². The van der Waals surface area contributed by atoms with Crippen molar-refractivity contribution < 1.29 is 0 Å². The highest BCUT2D eigenvalue weighted by Crippen LogP contribution is 2.14.